The molecule has 0 aromatic heterocycles. The number of benzene rings is 1. The van der Waals surface area contributed by atoms with Crippen molar-refractivity contribution in [2.75, 3.05) is 0 Å². The van der Waals surface area contributed by atoms with Crippen molar-refractivity contribution >= 4 is 11.9 Å². The first kappa shape index (κ1) is 10.7. The summed E-state index contributed by atoms with van der Waals surface area (Å²) in [6.45, 7) is 5.85. The normalized spacial score (nSPS) is 12.6. The van der Waals surface area contributed by atoms with E-state index in [-0.39, 0.29) is 5.41 Å². The summed E-state index contributed by atoms with van der Waals surface area (Å²) in [5, 5.41) is 0. The maximum absolute atomic E-state index is 10.7. The van der Waals surface area contributed by atoms with Crippen LogP contribution >= 0.6 is 0 Å². The van der Waals surface area contributed by atoms with Crippen molar-refractivity contribution in [3.8, 4) is 0 Å². The lowest BCUT2D eigenvalue weighted by Gasteiger charge is -2.12. The Hall–Kier alpha value is -1.37. The zero-order valence-electron chi connectivity index (χ0n) is 8.95. The molecule has 0 amide bonds. The quantitative estimate of drug-likeness (QED) is 0.665. The van der Waals surface area contributed by atoms with Gasteiger partial charge in [0.25, 0.3) is 0 Å². The zero-order valence-corrected chi connectivity index (χ0v) is 8.95. The Balaban J connectivity index is 2.96. The lowest BCUT2D eigenvalue weighted by molar-refractivity contribution is -0.112. The Morgan fingerprint density at radius 2 is 1.79 bits per heavy atom. The topological polar surface area (TPSA) is 17.1 Å². The molecule has 0 N–H and O–H groups in total. The average Bonchev–Trinajstić information content (AvgIpc) is 2.19. The predicted octanol–water partition coefficient (Wildman–Crippen LogP) is 3.32. The van der Waals surface area contributed by atoms with Crippen LogP contribution < -0.4 is 0 Å². The van der Waals surface area contributed by atoms with E-state index in [0.29, 0.717) is 0 Å². The van der Waals surface area contributed by atoms with Crippen molar-refractivity contribution in [3.05, 3.63) is 42.0 Å². The second kappa shape index (κ2) is 4.23. The highest BCUT2D eigenvalue weighted by atomic mass is 16.1. The Labute approximate surface area is 85.5 Å². The van der Waals surface area contributed by atoms with E-state index in [2.05, 4.69) is 0 Å². The van der Waals surface area contributed by atoms with Crippen LogP contribution in [0.15, 0.2) is 36.4 Å². The van der Waals surface area contributed by atoms with Crippen LogP contribution in [0, 0.1) is 5.41 Å². The molecule has 1 heteroatoms. The maximum atomic E-state index is 10.7. The number of aldehydes is 1. The van der Waals surface area contributed by atoms with Crippen molar-refractivity contribution in [2.24, 2.45) is 5.41 Å². The molecule has 0 saturated heterocycles. The third-order valence-corrected chi connectivity index (χ3v) is 2.12. The average molecular weight is 188 g/mol. The monoisotopic (exact) mass is 188 g/mol. The zero-order chi connectivity index (χ0) is 10.6. The summed E-state index contributed by atoms with van der Waals surface area (Å²) < 4.78 is 0. The summed E-state index contributed by atoms with van der Waals surface area (Å²) in [5.74, 6) is 0. The fraction of sp³-hybridized carbons (Fsp3) is 0.308. The van der Waals surface area contributed by atoms with Crippen molar-refractivity contribution in [1.29, 1.82) is 0 Å². The van der Waals surface area contributed by atoms with E-state index in [1.807, 2.05) is 57.2 Å². The molecule has 1 aromatic rings. The molecule has 0 fully saturated rings. The highest BCUT2D eigenvalue weighted by molar-refractivity contribution is 5.71. The van der Waals surface area contributed by atoms with Gasteiger partial charge in [0, 0.05) is 5.41 Å². The highest BCUT2D eigenvalue weighted by Crippen LogP contribution is 2.21. The van der Waals surface area contributed by atoms with E-state index in [0.717, 1.165) is 11.9 Å². The summed E-state index contributed by atoms with van der Waals surface area (Å²) in [6, 6.07) is 10.1. The van der Waals surface area contributed by atoms with E-state index in [9.17, 15) is 4.79 Å². The van der Waals surface area contributed by atoms with Crippen LogP contribution in [0.4, 0.5) is 0 Å². The van der Waals surface area contributed by atoms with Crippen molar-refractivity contribution in [1.82, 2.24) is 0 Å². The Bertz CT molecular complexity index is 334. The van der Waals surface area contributed by atoms with E-state index in [1.165, 1.54) is 5.56 Å². The highest BCUT2D eigenvalue weighted by Gasteiger charge is 2.12. The van der Waals surface area contributed by atoms with Crippen molar-refractivity contribution < 1.29 is 4.79 Å². The lowest BCUT2D eigenvalue weighted by atomic mass is 9.91. The van der Waals surface area contributed by atoms with E-state index in [1.54, 1.807) is 0 Å². The van der Waals surface area contributed by atoms with Gasteiger partial charge >= 0.3 is 0 Å². The fourth-order valence-electron chi connectivity index (χ4n) is 1.38. The Morgan fingerprint density at radius 1 is 1.21 bits per heavy atom. The molecule has 1 rings (SSSR count). The van der Waals surface area contributed by atoms with E-state index >= 15 is 0 Å². The van der Waals surface area contributed by atoms with E-state index in [4.69, 9.17) is 0 Å². The molecule has 0 spiro atoms. The number of allylic oxidation sites excluding steroid dienone is 2. The summed E-state index contributed by atoms with van der Waals surface area (Å²) in [6.07, 6.45) is 2.97. The van der Waals surface area contributed by atoms with Gasteiger partial charge in [-0.1, -0.05) is 36.4 Å². The minimum atomic E-state index is -0.375. The van der Waals surface area contributed by atoms with Crippen LogP contribution in [0.1, 0.15) is 26.3 Å². The van der Waals surface area contributed by atoms with Crippen LogP contribution in [0.25, 0.3) is 5.57 Å². The van der Waals surface area contributed by atoms with Crippen molar-refractivity contribution in [2.45, 2.75) is 20.8 Å². The van der Waals surface area contributed by atoms with Gasteiger partial charge in [-0.05, 0) is 31.9 Å². The SMILES string of the molecule is C/C(=C\C(C)(C)C=O)c1ccccc1. The molecule has 0 saturated carbocycles. The number of hydrogen-bond donors (Lipinski definition) is 0. The van der Waals surface area contributed by atoms with Gasteiger partial charge in [-0.15, -0.1) is 0 Å². The molecule has 0 atom stereocenters. The first-order valence-corrected chi connectivity index (χ1v) is 4.76. The number of carbonyl (C=O) groups excluding carboxylic acids is 1. The minimum absolute atomic E-state index is 0.375. The maximum Gasteiger partial charge on any atom is 0.129 e. The molecule has 0 heterocycles. The molecular weight excluding hydrogens is 172 g/mol. The van der Waals surface area contributed by atoms with Crippen LogP contribution in [-0.4, -0.2) is 6.29 Å². The molecule has 0 aliphatic carbocycles. The molecule has 0 radical (unpaired) electrons. The van der Waals surface area contributed by atoms with Gasteiger partial charge in [-0.2, -0.15) is 0 Å². The molecule has 0 unspecified atom stereocenters. The first-order chi connectivity index (χ1) is 6.55. The van der Waals surface area contributed by atoms with Gasteiger partial charge in [0.15, 0.2) is 0 Å². The molecule has 74 valence electrons. The summed E-state index contributed by atoms with van der Waals surface area (Å²) in [7, 11) is 0. The number of carbonyl (C=O) groups is 1. The summed E-state index contributed by atoms with van der Waals surface area (Å²) >= 11 is 0. The lowest BCUT2D eigenvalue weighted by Crippen LogP contribution is -2.09. The fourth-order valence-corrected chi connectivity index (χ4v) is 1.38. The summed E-state index contributed by atoms with van der Waals surface area (Å²) in [4.78, 5) is 10.7. The molecule has 0 bridgehead atoms. The standard InChI is InChI=1S/C13H16O/c1-11(9-13(2,3)10-14)12-7-5-4-6-8-12/h4-10H,1-3H3/b11-9+. The van der Waals surface area contributed by atoms with Crippen LogP contribution in [0.2, 0.25) is 0 Å². The van der Waals surface area contributed by atoms with Gasteiger partial charge in [-0.25, -0.2) is 0 Å². The van der Waals surface area contributed by atoms with Gasteiger partial charge in [0.05, 0.1) is 0 Å². The minimum Gasteiger partial charge on any atom is -0.302 e. The molecule has 1 aromatic carbocycles. The molecule has 0 aliphatic heterocycles. The molecular formula is C13H16O. The second-order valence-electron chi connectivity index (χ2n) is 4.13. The smallest absolute Gasteiger partial charge is 0.129 e. The molecule has 0 aliphatic rings. The molecule has 1 nitrogen and oxygen atoms in total. The number of rotatable bonds is 3. The van der Waals surface area contributed by atoms with E-state index < -0.39 is 0 Å². The van der Waals surface area contributed by atoms with Gasteiger partial charge in [0.2, 0.25) is 0 Å². The third-order valence-electron chi connectivity index (χ3n) is 2.12. The summed E-state index contributed by atoms with van der Waals surface area (Å²) in [5.41, 5.74) is 1.94. The van der Waals surface area contributed by atoms with Gasteiger partial charge < -0.3 is 4.79 Å². The van der Waals surface area contributed by atoms with Crippen LogP contribution in [-0.2, 0) is 4.79 Å². The van der Waals surface area contributed by atoms with Gasteiger partial charge in [-0.3, -0.25) is 0 Å². The van der Waals surface area contributed by atoms with Crippen LogP contribution in [0.3, 0.4) is 0 Å². The number of hydrogen-bond acceptors (Lipinski definition) is 1. The largest absolute Gasteiger partial charge is 0.302 e. The Morgan fingerprint density at radius 3 is 2.29 bits per heavy atom. The van der Waals surface area contributed by atoms with Crippen molar-refractivity contribution in [3.63, 3.8) is 0 Å². The van der Waals surface area contributed by atoms with Gasteiger partial charge in [0.1, 0.15) is 6.29 Å². The van der Waals surface area contributed by atoms with Crippen LogP contribution in [0.5, 0.6) is 0 Å². The third kappa shape index (κ3) is 2.84. The molecule has 14 heavy (non-hydrogen) atoms. The second-order valence-corrected chi connectivity index (χ2v) is 4.13. The first-order valence-electron chi connectivity index (χ1n) is 4.76. The predicted molar refractivity (Wildman–Crippen MR) is 59.9 cm³/mol. The Kier molecular flexibility index (Phi) is 3.23.